The van der Waals surface area contributed by atoms with E-state index in [2.05, 4.69) is 19.1 Å². The Kier molecular flexibility index (Phi) is 4.75. The second-order valence-corrected chi connectivity index (χ2v) is 11.0. The average Bonchev–Trinajstić information content (AvgIpc) is 3.36. The smallest absolute Gasteiger partial charge is 0.171 e. The van der Waals surface area contributed by atoms with Gasteiger partial charge in [0.05, 0.1) is 25.4 Å². The van der Waals surface area contributed by atoms with Crippen molar-refractivity contribution in [2.45, 2.75) is 82.2 Å². The van der Waals surface area contributed by atoms with Crippen molar-refractivity contribution in [3.63, 3.8) is 0 Å². The highest BCUT2D eigenvalue weighted by Gasteiger charge is 2.60. The van der Waals surface area contributed by atoms with Crippen LogP contribution in [0.5, 0.6) is 0 Å². The number of hydrogen-bond donors (Lipinski definition) is 2. The highest BCUT2D eigenvalue weighted by molar-refractivity contribution is 5.87. The van der Waals surface area contributed by atoms with E-state index in [0.29, 0.717) is 43.7 Å². The van der Waals surface area contributed by atoms with Gasteiger partial charge in [0.2, 0.25) is 0 Å². The van der Waals surface area contributed by atoms with E-state index in [1.807, 2.05) is 12.1 Å². The molecule has 6 rings (SSSR count). The molecule has 1 spiro atoms. The molecule has 32 heavy (non-hydrogen) atoms. The topological polar surface area (TPSA) is 76.0 Å². The number of ether oxygens (including phenoxy) is 2. The molecule has 0 bridgehead atoms. The Bertz CT molecular complexity index is 959. The molecule has 1 aromatic carbocycles. The molecule has 5 atom stereocenters. The number of hydrogen-bond acceptors (Lipinski definition) is 5. The third kappa shape index (κ3) is 2.94. The molecule has 0 amide bonds. The van der Waals surface area contributed by atoms with Crippen molar-refractivity contribution in [3.8, 4) is 0 Å². The highest BCUT2D eigenvalue weighted by Crippen LogP contribution is 2.64. The first kappa shape index (κ1) is 21.0. The Hall–Kier alpha value is -1.53. The number of aliphatic hydroxyl groups is 2. The molecule has 1 heterocycles. The lowest BCUT2D eigenvalue weighted by molar-refractivity contribution is -0.208. The van der Waals surface area contributed by atoms with Crippen LogP contribution in [0, 0.1) is 17.3 Å². The molecule has 4 aliphatic carbocycles. The predicted octanol–water partition coefficient (Wildman–Crippen LogP) is 4.02. The van der Waals surface area contributed by atoms with Crippen LogP contribution in [0.15, 0.2) is 35.4 Å². The Morgan fingerprint density at radius 1 is 1.06 bits per heavy atom. The molecular formula is C27H34O5. The molecular weight excluding hydrogens is 404 g/mol. The van der Waals surface area contributed by atoms with Crippen LogP contribution in [0.25, 0.3) is 0 Å². The molecule has 0 radical (unpaired) electrons. The first-order valence-electron chi connectivity index (χ1n) is 12.3. The minimum absolute atomic E-state index is 0.0294. The SMILES string of the molecule is CC12CC(c3ccc(CO)cc3)C3=C4CCC5(CC4(O)CCC3C1CCC2=O)OCCO5. The van der Waals surface area contributed by atoms with E-state index in [9.17, 15) is 15.0 Å². The molecule has 1 saturated heterocycles. The standard InChI is InChI=1S/C27H34O5/c1-25-14-20(18-4-2-17(15-28)3-5-18)24-19(21(25)6-7-23(25)29)8-10-26(30)16-27(11-9-22(24)26)31-12-13-32-27/h2-5,19-21,28,30H,6-16H2,1H3. The minimum Gasteiger partial charge on any atom is -0.392 e. The van der Waals surface area contributed by atoms with E-state index in [-0.39, 0.29) is 17.9 Å². The van der Waals surface area contributed by atoms with Crippen molar-refractivity contribution in [3.05, 3.63) is 46.5 Å². The van der Waals surface area contributed by atoms with Gasteiger partial charge in [0.1, 0.15) is 5.78 Å². The number of ketones is 1. The van der Waals surface area contributed by atoms with Crippen molar-refractivity contribution >= 4 is 5.78 Å². The van der Waals surface area contributed by atoms with Crippen LogP contribution in [0.4, 0.5) is 0 Å². The van der Waals surface area contributed by atoms with Gasteiger partial charge in [0, 0.05) is 30.6 Å². The van der Waals surface area contributed by atoms with Gasteiger partial charge in [-0.2, -0.15) is 0 Å². The summed E-state index contributed by atoms with van der Waals surface area (Å²) in [5.74, 6) is 0.663. The lowest BCUT2D eigenvalue weighted by atomic mass is 9.51. The molecule has 2 N–H and O–H groups in total. The van der Waals surface area contributed by atoms with Gasteiger partial charge in [-0.05, 0) is 60.6 Å². The third-order valence-electron chi connectivity index (χ3n) is 9.50. The molecule has 1 aliphatic heterocycles. The number of fused-ring (bicyclic) bond motifs is 4. The Morgan fingerprint density at radius 2 is 1.81 bits per heavy atom. The first-order chi connectivity index (χ1) is 15.4. The summed E-state index contributed by atoms with van der Waals surface area (Å²) >= 11 is 0. The Morgan fingerprint density at radius 3 is 2.53 bits per heavy atom. The normalized spacial score (nSPS) is 40.3. The van der Waals surface area contributed by atoms with Crippen LogP contribution in [-0.4, -0.2) is 40.6 Å². The number of carbonyl (C=O) groups is 1. The molecule has 5 unspecified atom stereocenters. The number of aliphatic hydroxyl groups excluding tert-OH is 1. The van der Waals surface area contributed by atoms with Gasteiger partial charge in [0.15, 0.2) is 5.79 Å². The summed E-state index contributed by atoms with van der Waals surface area (Å²) in [4.78, 5) is 13.1. The lowest BCUT2D eigenvalue weighted by Gasteiger charge is -2.55. The van der Waals surface area contributed by atoms with E-state index in [1.165, 1.54) is 16.7 Å². The largest absolute Gasteiger partial charge is 0.392 e. The van der Waals surface area contributed by atoms with E-state index in [0.717, 1.165) is 44.1 Å². The lowest BCUT2D eigenvalue weighted by Crippen LogP contribution is -2.53. The number of rotatable bonds is 2. The van der Waals surface area contributed by atoms with Crippen LogP contribution in [0.2, 0.25) is 0 Å². The van der Waals surface area contributed by atoms with Crippen molar-refractivity contribution in [1.29, 1.82) is 0 Å². The van der Waals surface area contributed by atoms with Crippen molar-refractivity contribution in [2.24, 2.45) is 17.3 Å². The van der Waals surface area contributed by atoms with E-state index in [1.54, 1.807) is 0 Å². The monoisotopic (exact) mass is 438 g/mol. The van der Waals surface area contributed by atoms with E-state index in [4.69, 9.17) is 9.47 Å². The zero-order valence-corrected chi connectivity index (χ0v) is 18.9. The first-order valence-corrected chi connectivity index (χ1v) is 12.3. The molecule has 0 aromatic heterocycles. The fourth-order valence-corrected chi connectivity index (χ4v) is 7.94. The second-order valence-electron chi connectivity index (χ2n) is 11.0. The molecule has 1 aromatic rings. The van der Waals surface area contributed by atoms with Gasteiger partial charge in [-0.1, -0.05) is 36.8 Å². The van der Waals surface area contributed by atoms with E-state index >= 15 is 0 Å². The molecule has 172 valence electrons. The second kappa shape index (κ2) is 7.23. The highest BCUT2D eigenvalue weighted by atomic mass is 16.7. The molecule has 5 aliphatic rings. The summed E-state index contributed by atoms with van der Waals surface area (Å²) < 4.78 is 12.0. The predicted molar refractivity (Wildman–Crippen MR) is 119 cm³/mol. The van der Waals surface area contributed by atoms with Crippen molar-refractivity contribution in [1.82, 2.24) is 0 Å². The van der Waals surface area contributed by atoms with Gasteiger partial charge in [-0.25, -0.2) is 0 Å². The number of benzene rings is 1. The van der Waals surface area contributed by atoms with Crippen molar-refractivity contribution < 1.29 is 24.5 Å². The van der Waals surface area contributed by atoms with E-state index < -0.39 is 11.4 Å². The zero-order chi connectivity index (χ0) is 22.1. The van der Waals surface area contributed by atoms with Gasteiger partial charge in [-0.3, -0.25) is 4.79 Å². The van der Waals surface area contributed by atoms with Crippen LogP contribution in [0.3, 0.4) is 0 Å². The van der Waals surface area contributed by atoms with Crippen LogP contribution in [0.1, 0.15) is 75.3 Å². The summed E-state index contributed by atoms with van der Waals surface area (Å²) in [6, 6.07) is 8.22. The summed E-state index contributed by atoms with van der Waals surface area (Å²) in [7, 11) is 0. The third-order valence-corrected chi connectivity index (χ3v) is 9.50. The van der Waals surface area contributed by atoms with Crippen LogP contribution < -0.4 is 0 Å². The molecule has 5 heteroatoms. The number of carbonyl (C=O) groups excluding carboxylic acids is 1. The summed E-state index contributed by atoms with van der Waals surface area (Å²) in [5, 5.41) is 21.4. The fraction of sp³-hybridized carbons (Fsp3) is 0.667. The maximum atomic E-state index is 13.1. The van der Waals surface area contributed by atoms with Crippen LogP contribution >= 0.6 is 0 Å². The maximum Gasteiger partial charge on any atom is 0.171 e. The maximum absolute atomic E-state index is 13.1. The minimum atomic E-state index is -0.881. The number of Topliss-reactive ketones (excluding diaryl/α,β-unsaturated/α-hetero) is 1. The van der Waals surface area contributed by atoms with Gasteiger partial charge >= 0.3 is 0 Å². The summed E-state index contributed by atoms with van der Waals surface area (Å²) in [6.45, 7) is 3.43. The van der Waals surface area contributed by atoms with Crippen molar-refractivity contribution in [2.75, 3.05) is 13.2 Å². The van der Waals surface area contributed by atoms with Gasteiger partial charge in [0.25, 0.3) is 0 Å². The summed E-state index contributed by atoms with van der Waals surface area (Å²) in [6.07, 6.45) is 6.23. The molecule has 4 fully saturated rings. The fourth-order valence-electron chi connectivity index (χ4n) is 7.94. The Balaban J connectivity index is 1.47. The Labute approximate surface area is 189 Å². The summed E-state index contributed by atoms with van der Waals surface area (Å²) in [5.41, 5.74) is 3.55. The number of allylic oxidation sites excluding steroid dienone is 1. The molecule has 3 saturated carbocycles. The molecule has 5 nitrogen and oxygen atoms in total. The van der Waals surface area contributed by atoms with Gasteiger partial charge in [-0.15, -0.1) is 0 Å². The van der Waals surface area contributed by atoms with Gasteiger partial charge < -0.3 is 19.7 Å². The average molecular weight is 439 g/mol. The quantitative estimate of drug-likeness (QED) is 0.682. The van der Waals surface area contributed by atoms with Crippen LogP contribution in [-0.2, 0) is 20.9 Å². The zero-order valence-electron chi connectivity index (χ0n) is 18.9.